The maximum atomic E-state index is 13.8. The van der Waals surface area contributed by atoms with E-state index in [1.165, 1.54) is 10.5 Å². The van der Waals surface area contributed by atoms with Gasteiger partial charge in [-0.05, 0) is 41.7 Å². The third kappa shape index (κ3) is 3.16. The van der Waals surface area contributed by atoms with Crippen LogP contribution in [0.3, 0.4) is 0 Å². The van der Waals surface area contributed by atoms with Crippen LogP contribution in [0.4, 0.5) is 5.69 Å². The van der Waals surface area contributed by atoms with Crippen molar-refractivity contribution in [1.82, 2.24) is 9.47 Å². The minimum absolute atomic E-state index is 0.208. The van der Waals surface area contributed by atoms with Crippen molar-refractivity contribution >= 4 is 34.0 Å². The van der Waals surface area contributed by atoms with Gasteiger partial charge in [-0.3, -0.25) is 14.5 Å². The van der Waals surface area contributed by atoms with Crippen molar-refractivity contribution in [3.8, 4) is 0 Å². The Labute approximate surface area is 198 Å². The molecule has 2 aliphatic heterocycles. The maximum Gasteiger partial charge on any atom is 0.278 e. The smallest absolute Gasteiger partial charge is 0.278 e. The number of imide groups is 1. The summed E-state index contributed by atoms with van der Waals surface area (Å²) in [6.45, 7) is 1.04. The molecule has 0 atom stereocenters. The van der Waals surface area contributed by atoms with Crippen molar-refractivity contribution in [2.24, 2.45) is 7.05 Å². The van der Waals surface area contributed by atoms with Gasteiger partial charge in [0, 0.05) is 42.9 Å². The van der Waals surface area contributed by atoms with E-state index in [2.05, 4.69) is 29.0 Å². The van der Waals surface area contributed by atoms with E-state index in [1.54, 1.807) is 0 Å². The Kier molecular flexibility index (Phi) is 4.84. The predicted molar refractivity (Wildman–Crippen MR) is 134 cm³/mol. The zero-order valence-corrected chi connectivity index (χ0v) is 19.1. The molecule has 0 saturated heterocycles. The number of aromatic nitrogens is 1. The van der Waals surface area contributed by atoms with Crippen LogP contribution in [0.15, 0.2) is 90.8 Å². The van der Waals surface area contributed by atoms with Gasteiger partial charge in [0.15, 0.2) is 0 Å². The Morgan fingerprint density at radius 1 is 0.824 bits per heavy atom. The van der Waals surface area contributed by atoms with Crippen LogP contribution in [0, 0.1) is 0 Å². The first-order valence-electron chi connectivity index (χ1n) is 11.7. The molecule has 5 heteroatoms. The van der Waals surface area contributed by atoms with E-state index in [0.29, 0.717) is 30.8 Å². The second-order valence-electron chi connectivity index (χ2n) is 8.91. The van der Waals surface area contributed by atoms with Gasteiger partial charge < -0.3 is 9.47 Å². The lowest BCUT2D eigenvalue weighted by atomic mass is 10.0. The first-order valence-corrected chi connectivity index (χ1v) is 11.7. The molecule has 2 aliphatic rings. The highest BCUT2D eigenvalue weighted by molar-refractivity contribution is 6.36. The lowest BCUT2D eigenvalue weighted by molar-refractivity contribution is -0.136. The molecule has 5 nitrogen and oxygen atoms in total. The van der Waals surface area contributed by atoms with Crippen molar-refractivity contribution in [3.63, 3.8) is 0 Å². The molecule has 0 unspecified atom stereocenters. The molecule has 0 radical (unpaired) electrons. The Morgan fingerprint density at radius 2 is 1.56 bits per heavy atom. The number of fused-ring (bicyclic) bond motifs is 2. The van der Waals surface area contributed by atoms with Crippen molar-refractivity contribution in [2.45, 2.75) is 12.8 Å². The number of hydrogen-bond acceptors (Lipinski definition) is 3. The Hall–Kier alpha value is -4.12. The summed E-state index contributed by atoms with van der Waals surface area (Å²) in [5.74, 6) is -0.420. The van der Waals surface area contributed by atoms with Gasteiger partial charge in [-0.2, -0.15) is 0 Å². The van der Waals surface area contributed by atoms with Crippen LogP contribution < -0.4 is 4.90 Å². The van der Waals surface area contributed by atoms with Gasteiger partial charge in [-0.15, -0.1) is 0 Å². The van der Waals surface area contributed by atoms with Crippen molar-refractivity contribution in [3.05, 3.63) is 107 Å². The van der Waals surface area contributed by atoms with Crippen LogP contribution in [0.5, 0.6) is 0 Å². The van der Waals surface area contributed by atoms with Crippen LogP contribution in [-0.4, -0.2) is 34.4 Å². The number of carbonyl (C=O) groups excluding carboxylic acids is 2. The standard InChI is InChI=1S/C29H25N3O2/c1-30-19-22(23-12-6-8-14-25(23)30)16-18-32-28(33)26(21-10-3-2-4-11-21)27(29(32)34)31-17-15-20-9-5-7-13-24(20)31/h2-14,19H,15-18H2,1H3. The molecule has 3 aromatic carbocycles. The van der Waals surface area contributed by atoms with Gasteiger partial charge in [-0.25, -0.2) is 0 Å². The van der Waals surface area contributed by atoms with E-state index in [1.807, 2.05) is 72.6 Å². The van der Waals surface area contributed by atoms with Gasteiger partial charge in [-0.1, -0.05) is 66.7 Å². The molecular weight excluding hydrogens is 422 g/mol. The molecule has 6 rings (SSSR count). The fourth-order valence-corrected chi connectivity index (χ4v) is 5.31. The predicted octanol–water partition coefficient (Wildman–Crippen LogP) is 4.56. The van der Waals surface area contributed by atoms with Gasteiger partial charge in [0.2, 0.25) is 0 Å². The maximum absolute atomic E-state index is 13.8. The molecule has 34 heavy (non-hydrogen) atoms. The molecule has 1 aromatic heterocycles. The van der Waals surface area contributed by atoms with E-state index < -0.39 is 0 Å². The fraction of sp³-hybridized carbons (Fsp3) is 0.172. The summed E-state index contributed by atoms with van der Waals surface area (Å²) >= 11 is 0. The molecular formula is C29H25N3O2. The van der Waals surface area contributed by atoms with E-state index in [4.69, 9.17) is 0 Å². The molecule has 0 aliphatic carbocycles. The second-order valence-corrected chi connectivity index (χ2v) is 8.91. The largest absolute Gasteiger partial charge is 0.350 e. The van der Waals surface area contributed by atoms with Gasteiger partial charge in [0.25, 0.3) is 11.8 Å². The van der Waals surface area contributed by atoms with E-state index >= 15 is 0 Å². The SMILES string of the molecule is Cn1cc(CCN2C(=O)C(c3ccccc3)=C(N3CCc4ccccc43)C2=O)c2ccccc21. The zero-order chi connectivity index (χ0) is 23.2. The molecule has 0 spiro atoms. The van der Waals surface area contributed by atoms with Crippen LogP contribution in [0.1, 0.15) is 16.7 Å². The highest BCUT2D eigenvalue weighted by atomic mass is 16.2. The summed E-state index contributed by atoms with van der Waals surface area (Å²) in [4.78, 5) is 31.0. The summed E-state index contributed by atoms with van der Waals surface area (Å²) in [7, 11) is 2.02. The van der Waals surface area contributed by atoms with Crippen molar-refractivity contribution in [1.29, 1.82) is 0 Å². The van der Waals surface area contributed by atoms with Crippen LogP contribution in [0.2, 0.25) is 0 Å². The Morgan fingerprint density at radius 3 is 2.41 bits per heavy atom. The number of amides is 2. The molecule has 0 fully saturated rings. The highest BCUT2D eigenvalue weighted by Gasteiger charge is 2.43. The highest BCUT2D eigenvalue weighted by Crippen LogP contribution is 2.38. The van der Waals surface area contributed by atoms with E-state index in [0.717, 1.165) is 34.1 Å². The third-order valence-electron chi connectivity index (χ3n) is 6.95. The van der Waals surface area contributed by atoms with Crippen LogP contribution in [-0.2, 0) is 29.5 Å². The Bertz CT molecular complexity index is 1470. The summed E-state index contributed by atoms with van der Waals surface area (Å²) in [6.07, 6.45) is 3.57. The number of benzene rings is 3. The molecule has 0 bridgehead atoms. The van der Waals surface area contributed by atoms with E-state index in [-0.39, 0.29) is 11.8 Å². The summed E-state index contributed by atoms with van der Waals surface area (Å²) < 4.78 is 2.10. The number of para-hydroxylation sites is 2. The molecule has 0 saturated carbocycles. The molecule has 0 N–H and O–H groups in total. The topological polar surface area (TPSA) is 45.6 Å². The van der Waals surface area contributed by atoms with Gasteiger partial charge in [0.1, 0.15) is 5.70 Å². The number of rotatable bonds is 5. The first-order chi connectivity index (χ1) is 16.6. The molecule has 3 heterocycles. The number of hydrogen-bond donors (Lipinski definition) is 0. The number of anilines is 1. The van der Waals surface area contributed by atoms with Crippen molar-refractivity contribution in [2.75, 3.05) is 18.0 Å². The monoisotopic (exact) mass is 447 g/mol. The van der Waals surface area contributed by atoms with Gasteiger partial charge in [0.05, 0.1) is 5.57 Å². The van der Waals surface area contributed by atoms with Crippen LogP contribution in [0.25, 0.3) is 16.5 Å². The Balaban J connectivity index is 1.37. The summed E-state index contributed by atoms with van der Waals surface area (Å²) in [5, 5.41) is 1.16. The molecule has 4 aromatic rings. The third-order valence-corrected chi connectivity index (χ3v) is 6.95. The second kappa shape index (κ2) is 8.03. The first kappa shape index (κ1) is 20.5. The minimum atomic E-state index is -0.212. The molecule has 2 amide bonds. The lowest BCUT2D eigenvalue weighted by Crippen LogP contribution is -2.36. The zero-order valence-electron chi connectivity index (χ0n) is 19.1. The van der Waals surface area contributed by atoms with Crippen molar-refractivity contribution < 1.29 is 9.59 Å². The quantitative estimate of drug-likeness (QED) is 0.421. The molecule has 168 valence electrons. The normalized spacial score (nSPS) is 15.7. The van der Waals surface area contributed by atoms with E-state index in [9.17, 15) is 9.59 Å². The number of carbonyl (C=O) groups is 2. The average Bonchev–Trinajstić information content (AvgIpc) is 3.51. The van der Waals surface area contributed by atoms with Crippen LogP contribution >= 0.6 is 0 Å². The number of nitrogens with zero attached hydrogens (tertiary/aromatic N) is 3. The summed E-state index contributed by atoms with van der Waals surface area (Å²) in [5.41, 5.74) is 6.29. The summed E-state index contributed by atoms with van der Waals surface area (Å²) in [6, 6.07) is 25.9. The average molecular weight is 448 g/mol. The lowest BCUT2D eigenvalue weighted by Gasteiger charge is -2.21. The fourth-order valence-electron chi connectivity index (χ4n) is 5.31. The number of aryl methyl sites for hydroxylation is 1. The minimum Gasteiger partial charge on any atom is -0.350 e. The van der Waals surface area contributed by atoms with Gasteiger partial charge >= 0.3 is 0 Å².